The molecule has 20 heavy (non-hydrogen) atoms. The van der Waals surface area contributed by atoms with Crippen LogP contribution in [0.4, 0.5) is 0 Å². The molecule has 0 aromatic carbocycles. The first-order valence-corrected chi connectivity index (χ1v) is 7.77. The predicted molar refractivity (Wildman–Crippen MR) is 91.7 cm³/mol. The van der Waals surface area contributed by atoms with Crippen LogP contribution < -0.4 is 0 Å². The van der Waals surface area contributed by atoms with Gasteiger partial charge in [0.05, 0.1) is 11.1 Å². The molecule has 1 atom stereocenters. The summed E-state index contributed by atoms with van der Waals surface area (Å²) < 4.78 is 0. The van der Waals surface area contributed by atoms with Crippen LogP contribution in [0.2, 0.25) is 0 Å². The van der Waals surface area contributed by atoms with Crippen molar-refractivity contribution in [2.24, 2.45) is 0 Å². The number of alkyl halides is 2. The van der Waals surface area contributed by atoms with Crippen molar-refractivity contribution >= 4 is 23.2 Å². The molecule has 0 fully saturated rings. The molecule has 110 valence electrons. The van der Waals surface area contributed by atoms with Crippen molar-refractivity contribution in [2.75, 3.05) is 5.88 Å². The van der Waals surface area contributed by atoms with Gasteiger partial charge in [0.1, 0.15) is 0 Å². The minimum Gasteiger partial charge on any atom is -0.259 e. The number of aryl methyl sites for hydroxylation is 1. The van der Waals surface area contributed by atoms with Gasteiger partial charge in [-0.05, 0) is 24.5 Å². The van der Waals surface area contributed by atoms with E-state index in [4.69, 9.17) is 23.2 Å². The second kappa shape index (κ2) is 11.7. The van der Waals surface area contributed by atoms with Gasteiger partial charge in [-0.15, -0.1) is 29.8 Å². The lowest BCUT2D eigenvalue weighted by atomic mass is 10.1. The maximum absolute atomic E-state index is 6.24. The van der Waals surface area contributed by atoms with Crippen LogP contribution in [0.25, 0.3) is 0 Å². The van der Waals surface area contributed by atoms with Crippen LogP contribution >= 0.6 is 23.2 Å². The average molecular weight is 312 g/mol. The highest BCUT2D eigenvalue weighted by Gasteiger charge is 2.15. The number of fused-ring (bicyclic) bond motifs is 1. The van der Waals surface area contributed by atoms with Gasteiger partial charge >= 0.3 is 0 Å². The fourth-order valence-corrected chi connectivity index (χ4v) is 2.07. The zero-order valence-electron chi connectivity index (χ0n) is 12.3. The Morgan fingerprint density at radius 3 is 2.55 bits per heavy atom. The van der Waals surface area contributed by atoms with Crippen LogP contribution in [0, 0.1) is 0 Å². The summed E-state index contributed by atoms with van der Waals surface area (Å²) in [6, 6.07) is 4.05. The van der Waals surface area contributed by atoms with Crippen molar-refractivity contribution in [3.05, 3.63) is 66.5 Å². The van der Waals surface area contributed by atoms with Crippen LogP contribution in [0.15, 0.2) is 55.3 Å². The summed E-state index contributed by atoms with van der Waals surface area (Å²) in [5.74, 6) is 0.556. The Morgan fingerprint density at radius 2 is 2.00 bits per heavy atom. The highest BCUT2D eigenvalue weighted by Crippen LogP contribution is 2.30. The van der Waals surface area contributed by atoms with Gasteiger partial charge < -0.3 is 0 Å². The largest absolute Gasteiger partial charge is 0.259 e. The average Bonchev–Trinajstić information content (AvgIpc) is 2.69. The molecule has 1 aromatic rings. The van der Waals surface area contributed by atoms with Gasteiger partial charge in [-0.3, -0.25) is 4.98 Å². The lowest BCUT2D eigenvalue weighted by Gasteiger charge is -2.06. The monoisotopic (exact) mass is 311 g/mol. The highest BCUT2D eigenvalue weighted by atomic mass is 35.5. The molecule has 3 heteroatoms. The number of aromatic nitrogens is 1. The summed E-state index contributed by atoms with van der Waals surface area (Å²) in [6.45, 7) is 11.1. The third kappa shape index (κ3) is 6.40. The van der Waals surface area contributed by atoms with Gasteiger partial charge in [0.25, 0.3) is 0 Å². The molecule has 0 N–H and O–H groups in total. The molecular formula is C17H23Cl2N. The summed E-state index contributed by atoms with van der Waals surface area (Å²) in [6.07, 6.45) is 9.35. The zero-order valence-corrected chi connectivity index (χ0v) is 13.8. The first kappa shape index (κ1) is 18.9. The van der Waals surface area contributed by atoms with Crippen LogP contribution in [0.1, 0.15) is 36.9 Å². The van der Waals surface area contributed by atoms with Gasteiger partial charge in [-0.1, -0.05) is 50.3 Å². The van der Waals surface area contributed by atoms with Gasteiger partial charge in [-0.2, -0.15) is 0 Å². The molecule has 0 saturated carbocycles. The second-order valence-corrected chi connectivity index (χ2v) is 4.62. The molecule has 1 heterocycles. The Balaban J connectivity index is 0.000000521. The van der Waals surface area contributed by atoms with E-state index in [0.29, 0.717) is 5.88 Å². The van der Waals surface area contributed by atoms with E-state index >= 15 is 0 Å². The van der Waals surface area contributed by atoms with Crippen molar-refractivity contribution in [3.63, 3.8) is 0 Å². The third-order valence-electron chi connectivity index (χ3n) is 2.60. The minimum absolute atomic E-state index is 0.110. The van der Waals surface area contributed by atoms with Crippen LogP contribution in [0.5, 0.6) is 0 Å². The molecule has 0 spiro atoms. The number of hydrogen-bond acceptors (Lipinski definition) is 1. The molecule has 0 bridgehead atoms. The maximum Gasteiger partial charge on any atom is 0.0946 e. The van der Waals surface area contributed by atoms with Crippen LogP contribution in [-0.2, 0) is 6.42 Å². The SMILES string of the molecule is C=CC1=CC(Cl)c2ncccc2CC1.C=CCCl.CC. The zero-order chi connectivity index (χ0) is 15.4. The number of rotatable bonds is 2. The summed E-state index contributed by atoms with van der Waals surface area (Å²) >= 11 is 11.3. The maximum atomic E-state index is 6.24. The molecule has 2 rings (SSSR count). The summed E-state index contributed by atoms with van der Waals surface area (Å²) in [5, 5.41) is -0.110. The molecule has 1 aliphatic rings. The van der Waals surface area contributed by atoms with E-state index in [1.54, 1.807) is 12.3 Å². The van der Waals surface area contributed by atoms with Crippen molar-refractivity contribution in [1.82, 2.24) is 4.98 Å². The first-order valence-electron chi connectivity index (χ1n) is 6.80. The van der Waals surface area contributed by atoms with Crippen LogP contribution in [-0.4, -0.2) is 10.9 Å². The van der Waals surface area contributed by atoms with E-state index < -0.39 is 0 Å². The number of nitrogens with zero attached hydrogens (tertiary/aromatic N) is 1. The number of halogens is 2. The molecule has 0 amide bonds. The fourth-order valence-electron chi connectivity index (χ4n) is 1.71. The molecule has 1 aliphatic carbocycles. The van der Waals surface area contributed by atoms with Gasteiger partial charge in [0, 0.05) is 12.1 Å². The molecule has 0 radical (unpaired) electrons. The van der Waals surface area contributed by atoms with Gasteiger partial charge in [-0.25, -0.2) is 0 Å². The molecule has 1 aromatic heterocycles. The van der Waals surface area contributed by atoms with Gasteiger partial charge in [0.15, 0.2) is 0 Å². The lowest BCUT2D eigenvalue weighted by Crippen LogP contribution is -1.95. The number of allylic oxidation sites excluding steroid dienone is 4. The Kier molecular flexibility index (Phi) is 11.1. The lowest BCUT2D eigenvalue weighted by molar-refractivity contribution is 0.948. The smallest absolute Gasteiger partial charge is 0.0946 e. The normalized spacial score (nSPS) is 16.0. The van der Waals surface area contributed by atoms with E-state index in [1.807, 2.05) is 32.1 Å². The molecular weight excluding hydrogens is 289 g/mol. The molecule has 0 saturated heterocycles. The Hall–Kier alpha value is -1.05. The van der Waals surface area contributed by atoms with E-state index in [-0.39, 0.29) is 5.38 Å². The summed E-state index contributed by atoms with van der Waals surface area (Å²) in [7, 11) is 0. The van der Waals surface area contributed by atoms with Crippen molar-refractivity contribution in [2.45, 2.75) is 32.1 Å². The Labute approximate surface area is 133 Å². The number of hydrogen-bond donors (Lipinski definition) is 0. The second-order valence-electron chi connectivity index (χ2n) is 3.84. The Bertz CT molecular complexity index is 438. The third-order valence-corrected chi connectivity index (χ3v) is 3.15. The predicted octanol–water partition coefficient (Wildman–Crippen LogP) is 5.86. The van der Waals surface area contributed by atoms with Crippen molar-refractivity contribution < 1.29 is 0 Å². The molecule has 1 unspecified atom stereocenters. The van der Waals surface area contributed by atoms with E-state index in [1.165, 1.54) is 11.1 Å². The van der Waals surface area contributed by atoms with Crippen LogP contribution in [0.3, 0.4) is 0 Å². The first-order chi connectivity index (χ1) is 9.72. The highest BCUT2D eigenvalue weighted by molar-refractivity contribution is 6.22. The fraction of sp³-hybridized carbons (Fsp3) is 0.353. The van der Waals surface area contributed by atoms with E-state index in [0.717, 1.165) is 18.5 Å². The molecule has 1 nitrogen and oxygen atoms in total. The van der Waals surface area contributed by atoms with Crippen molar-refractivity contribution in [3.8, 4) is 0 Å². The topological polar surface area (TPSA) is 12.9 Å². The quantitative estimate of drug-likeness (QED) is 0.492. The minimum atomic E-state index is -0.110. The summed E-state index contributed by atoms with van der Waals surface area (Å²) in [4.78, 5) is 4.32. The van der Waals surface area contributed by atoms with E-state index in [2.05, 4.69) is 24.2 Å². The Morgan fingerprint density at radius 1 is 1.35 bits per heavy atom. The number of pyridine rings is 1. The van der Waals surface area contributed by atoms with Gasteiger partial charge in [0.2, 0.25) is 0 Å². The standard InChI is InChI=1S/C12H12ClN.C3H5Cl.C2H6/c1-2-9-5-6-10-4-3-7-14-12(10)11(13)8-9;1-2-3-4;1-2/h2-4,7-8,11H,1,5-6H2;2H,1,3H2;1-2H3. The summed E-state index contributed by atoms with van der Waals surface area (Å²) in [5.41, 5.74) is 3.45. The van der Waals surface area contributed by atoms with E-state index in [9.17, 15) is 0 Å². The molecule has 0 aliphatic heterocycles. The van der Waals surface area contributed by atoms with Crippen molar-refractivity contribution in [1.29, 1.82) is 0 Å².